The number of rotatable bonds is 6. The molecule has 0 N–H and O–H groups in total. The molecule has 1 aromatic carbocycles. The number of carbonyl (C=O) groups is 1. The van der Waals surface area contributed by atoms with Crippen LogP contribution in [0, 0.1) is 0 Å². The van der Waals surface area contributed by atoms with Crippen LogP contribution in [0.4, 0.5) is 0 Å². The molecule has 0 saturated heterocycles. The topological polar surface area (TPSA) is 52.6 Å². The van der Waals surface area contributed by atoms with Gasteiger partial charge in [0.25, 0.3) is 0 Å². The predicted octanol–water partition coefficient (Wildman–Crippen LogP) is 4.03. The van der Waals surface area contributed by atoms with Crippen molar-refractivity contribution >= 4 is 19.0 Å². The van der Waals surface area contributed by atoms with Gasteiger partial charge < -0.3 is 9.05 Å². The van der Waals surface area contributed by atoms with Crippen LogP contribution in [-0.4, -0.2) is 19.0 Å². The minimum absolute atomic E-state index is 0.130. The summed E-state index contributed by atoms with van der Waals surface area (Å²) in [5.74, 6) is -0.130. The van der Waals surface area contributed by atoms with Gasteiger partial charge in [0.1, 0.15) is 5.31 Å². The van der Waals surface area contributed by atoms with Gasteiger partial charge in [-0.3, -0.25) is 9.36 Å². The van der Waals surface area contributed by atoms with Crippen LogP contribution in [0.15, 0.2) is 35.6 Å². The smallest absolute Gasteiger partial charge is 0.305 e. The average molecular weight is 294 g/mol. The maximum Gasteiger partial charge on any atom is 0.365 e. The fourth-order valence-electron chi connectivity index (χ4n) is 2.39. The first-order valence-electron chi connectivity index (χ1n) is 6.83. The molecule has 108 valence electrons. The Morgan fingerprint density at radius 3 is 2.20 bits per heavy atom. The van der Waals surface area contributed by atoms with Crippen molar-refractivity contribution in [1.29, 1.82) is 0 Å². The largest absolute Gasteiger partial charge is 0.365 e. The van der Waals surface area contributed by atoms with E-state index < -0.39 is 7.60 Å². The van der Waals surface area contributed by atoms with Crippen LogP contribution in [0.2, 0.25) is 0 Å². The number of hydrogen-bond donors (Lipinski definition) is 0. The molecule has 1 aromatic rings. The fourth-order valence-corrected chi connectivity index (χ4v) is 4.39. The highest BCUT2D eigenvalue weighted by Crippen LogP contribution is 2.61. The SMILES string of the molecule is CCOP(=O)(OCC)C1=C(c2ccccc2)CCC1=O. The highest BCUT2D eigenvalue weighted by molar-refractivity contribution is 7.60. The zero-order chi connectivity index (χ0) is 14.6. The fraction of sp³-hybridized carbons (Fsp3) is 0.400. The molecule has 0 radical (unpaired) electrons. The van der Waals surface area contributed by atoms with E-state index in [1.807, 2.05) is 30.3 Å². The molecule has 0 atom stereocenters. The molecule has 0 fully saturated rings. The van der Waals surface area contributed by atoms with Crippen LogP contribution < -0.4 is 0 Å². The summed E-state index contributed by atoms with van der Waals surface area (Å²) >= 11 is 0. The third-order valence-corrected chi connectivity index (χ3v) is 5.41. The lowest BCUT2D eigenvalue weighted by Gasteiger charge is -2.19. The molecule has 0 bridgehead atoms. The van der Waals surface area contributed by atoms with Gasteiger partial charge in [-0.1, -0.05) is 30.3 Å². The standard InChI is InChI=1S/C15H19O4P/c1-3-18-20(17,19-4-2)15-13(10-11-14(15)16)12-8-6-5-7-9-12/h5-9H,3-4,10-11H2,1-2H3. The highest BCUT2D eigenvalue weighted by Gasteiger charge is 2.40. The number of hydrogen-bond acceptors (Lipinski definition) is 4. The Morgan fingerprint density at radius 2 is 1.65 bits per heavy atom. The summed E-state index contributed by atoms with van der Waals surface area (Å²) in [6, 6.07) is 9.53. The van der Waals surface area contributed by atoms with Crippen LogP contribution >= 0.6 is 7.60 Å². The molecule has 0 heterocycles. The molecule has 20 heavy (non-hydrogen) atoms. The monoisotopic (exact) mass is 294 g/mol. The van der Waals surface area contributed by atoms with Crippen molar-refractivity contribution in [3.05, 3.63) is 41.2 Å². The van der Waals surface area contributed by atoms with E-state index in [9.17, 15) is 9.36 Å². The lowest BCUT2D eigenvalue weighted by atomic mass is 10.1. The zero-order valence-corrected chi connectivity index (χ0v) is 12.7. The van der Waals surface area contributed by atoms with Gasteiger partial charge in [-0.15, -0.1) is 0 Å². The van der Waals surface area contributed by atoms with Gasteiger partial charge in [0.2, 0.25) is 0 Å². The van der Waals surface area contributed by atoms with Crippen LogP contribution in [0.1, 0.15) is 32.3 Å². The molecule has 0 aliphatic heterocycles. The van der Waals surface area contributed by atoms with Crippen LogP contribution in [0.3, 0.4) is 0 Å². The number of Topliss-reactive ketones (excluding diaryl/α,β-unsaturated/α-hetero) is 1. The average Bonchev–Trinajstić information content (AvgIpc) is 2.83. The molecule has 0 amide bonds. The molecule has 0 saturated carbocycles. The van der Waals surface area contributed by atoms with Crippen molar-refractivity contribution in [2.24, 2.45) is 0 Å². The molecule has 0 unspecified atom stereocenters. The molecular formula is C15H19O4P. The van der Waals surface area contributed by atoms with Crippen molar-refractivity contribution in [3.8, 4) is 0 Å². The van der Waals surface area contributed by atoms with E-state index in [0.717, 1.165) is 11.1 Å². The number of ketones is 1. The number of benzene rings is 1. The van der Waals surface area contributed by atoms with Crippen molar-refractivity contribution in [3.63, 3.8) is 0 Å². The molecule has 5 heteroatoms. The second-order valence-corrected chi connectivity index (χ2v) is 6.41. The third-order valence-electron chi connectivity index (χ3n) is 3.15. The van der Waals surface area contributed by atoms with E-state index in [-0.39, 0.29) is 24.3 Å². The van der Waals surface area contributed by atoms with E-state index in [0.29, 0.717) is 12.8 Å². The molecular weight excluding hydrogens is 275 g/mol. The summed E-state index contributed by atoms with van der Waals surface area (Å²) in [4.78, 5) is 12.2. The summed E-state index contributed by atoms with van der Waals surface area (Å²) in [5, 5.41) is 0.243. The molecule has 1 aliphatic carbocycles. The summed E-state index contributed by atoms with van der Waals surface area (Å²) in [6.45, 7) is 3.98. The molecule has 4 nitrogen and oxygen atoms in total. The Labute approximate surface area is 119 Å². The lowest BCUT2D eigenvalue weighted by molar-refractivity contribution is -0.114. The molecule has 0 spiro atoms. The quantitative estimate of drug-likeness (QED) is 0.743. The Balaban J connectivity index is 2.53. The Hall–Kier alpha value is -1.22. The van der Waals surface area contributed by atoms with E-state index in [4.69, 9.17) is 9.05 Å². The Bertz CT molecular complexity index is 552. The number of carbonyl (C=O) groups excluding carboxylic acids is 1. The Morgan fingerprint density at radius 1 is 1.05 bits per heavy atom. The van der Waals surface area contributed by atoms with Gasteiger partial charge in [0, 0.05) is 6.42 Å². The minimum atomic E-state index is -3.51. The van der Waals surface area contributed by atoms with E-state index >= 15 is 0 Å². The van der Waals surface area contributed by atoms with Crippen molar-refractivity contribution in [1.82, 2.24) is 0 Å². The van der Waals surface area contributed by atoms with E-state index in [1.165, 1.54) is 0 Å². The summed E-state index contributed by atoms with van der Waals surface area (Å²) in [6.07, 6.45) is 0.950. The zero-order valence-electron chi connectivity index (χ0n) is 11.8. The van der Waals surface area contributed by atoms with Gasteiger partial charge in [0.05, 0.1) is 13.2 Å². The van der Waals surface area contributed by atoms with Gasteiger partial charge in [0.15, 0.2) is 5.78 Å². The van der Waals surface area contributed by atoms with Gasteiger partial charge in [-0.05, 0) is 31.4 Å². The van der Waals surface area contributed by atoms with Crippen LogP contribution in [-0.2, 0) is 18.4 Å². The third kappa shape index (κ3) is 2.93. The Kier molecular flexibility index (Phi) is 4.92. The summed E-state index contributed by atoms with van der Waals surface area (Å²) in [7, 11) is -3.51. The highest BCUT2D eigenvalue weighted by atomic mass is 31.2. The first-order valence-corrected chi connectivity index (χ1v) is 8.38. The van der Waals surface area contributed by atoms with Crippen molar-refractivity contribution in [2.45, 2.75) is 26.7 Å². The second-order valence-electron chi connectivity index (χ2n) is 4.45. The van der Waals surface area contributed by atoms with Crippen LogP contribution in [0.25, 0.3) is 5.57 Å². The van der Waals surface area contributed by atoms with Gasteiger partial charge in [-0.25, -0.2) is 0 Å². The molecule has 0 aromatic heterocycles. The summed E-state index contributed by atoms with van der Waals surface area (Å²) < 4.78 is 23.5. The van der Waals surface area contributed by atoms with Gasteiger partial charge in [-0.2, -0.15) is 0 Å². The van der Waals surface area contributed by atoms with Gasteiger partial charge >= 0.3 is 7.60 Å². The molecule has 1 aliphatic rings. The lowest BCUT2D eigenvalue weighted by Crippen LogP contribution is -2.05. The number of allylic oxidation sites excluding steroid dienone is 2. The van der Waals surface area contributed by atoms with Crippen LogP contribution in [0.5, 0.6) is 0 Å². The first-order chi connectivity index (χ1) is 9.62. The maximum absolute atomic E-state index is 12.9. The second kappa shape index (κ2) is 6.49. The first kappa shape index (κ1) is 15.2. The minimum Gasteiger partial charge on any atom is -0.305 e. The van der Waals surface area contributed by atoms with Crippen molar-refractivity contribution < 1.29 is 18.4 Å². The molecule has 2 rings (SSSR count). The summed E-state index contributed by atoms with van der Waals surface area (Å²) in [5.41, 5.74) is 1.70. The normalized spacial score (nSPS) is 16.0. The predicted molar refractivity (Wildman–Crippen MR) is 78.5 cm³/mol. The van der Waals surface area contributed by atoms with Crippen molar-refractivity contribution in [2.75, 3.05) is 13.2 Å². The van der Waals surface area contributed by atoms with E-state index in [1.54, 1.807) is 13.8 Å². The maximum atomic E-state index is 12.9. The van der Waals surface area contributed by atoms with E-state index in [2.05, 4.69) is 0 Å².